The second-order valence-corrected chi connectivity index (χ2v) is 5.52. The second-order valence-electron chi connectivity index (χ2n) is 4.20. The molecule has 1 aromatic carbocycles. The summed E-state index contributed by atoms with van der Waals surface area (Å²) in [6.07, 6.45) is 0.885. The molecule has 2 atom stereocenters. The number of rotatable bonds is 2. The van der Waals surface area contributed by atoms with Gasteiger partial charge in [-0.05, 0) is 42.3 Å². The van der Waals surface area contributed by atoms with Crippen LogP contribution < -0.4 is 16.2 Å². The standard InChI is InChI=1S/C12H14BrN3OS/c1-14-12(18)16-15-11(17)10-6-9(10)7-3-2-4-8(13)5-7/h2-5,9-10H,6H2,1H3,(H,15,17)(H2,14,16,18). The minimum atomic E-state index is -0.0161. The van der Waals surface area contributed by atoms with Gasteiger partial charge >= 0.3 is 0 Å². The lowest BCUT2D eigenvalue weighted by atomic mass is 10.1. The van der Waals surface area contributed by atoms with Crippen LogP contribution in [0, 0.1) is 5.92 Å². The van der Waals surface area contributed by atoms with Crippen molar-refractivity contribution >= 4 is 39.2 Å². The van der Waals surface area contributed by atoms with E-state index >= 15 is 0 Å². The lowest BCUT2D eigenvalue weighted by molar-refractivity contribution is -0.122. The van der Waals surface area contributed by atoms with Crippen molar-refractivity contribution in [2.45, 2.75) is 12.3 Å². The summed E-state index contributed by atoms with van der Waals surface area (Å²) in [4.78, 5) is 11.8. The van der Waals surface area contributed by atoms with Gasteiger partial charge in [-0.3, -0.25) is 15.6 Å². The van der Waals surface area contributed by atoms with E-state index in [0.717, 1.165) is 10.9 Å². The first kappa shape index (κ1) is 13.3. The third-order valence-electron chi connectivity index (χ3n) is 2.93. The Hall–Kier alpha value is -1.14. The molecule has 0 spiro atoms. The highest BCUT2D eigenvalue weighted by Crippen LogP contribution is 2.47. The van der Waals surface area contributed by atoms with E-state index in [1.807, 2.05) is 18.2 Å². The van der Waals surface area contributed by atoms with Crippen LogP contribution in [-0.2, 0) is 4.79 Å². The Labute approximate surface area is 120 Å². The van der Waals surface area contributed by atoms with Crippen LogP contribution in [0.2, 0.25) is 0 Å². The minimum absolute atomic E-state index is 0.0161. The number of benzene rings is 1. The molecule has 1 fully saturated rings. The molecule has 18 heavy (non-hydrogen) atoms. The number of hydrogen-bond donors (Lipinski definition) is 3. The molecule has 1 amide bonds. The summed E-state index contributed by atoms with van der Waals surface area (Å²) in [6, 6.07) is 8.08. The molecule has 2 unspecified atom stereocenters. The fourth-order valence-corrected chi connectivity index (χ4v) is 2.33. The maximum atomic E-state index is 11.8. The van der Waals surface area contributed by atoms with Crippen molar-refractivity contribution in [3.8, 4) is 0 Å². The van der Waals surface area contributed by atoms with Gasteiger partial charge in [0.15, 0.2) is 5.11 Å². The second kappa shape index (κ2) is 5.67. The third-order valence-corrected chi connectivity index (χ3v) is 3.73. The van der Waals surface area contributed by atoms with Gasteiger partial charge in [0.05, 0.1) is 0 Å². The maximum Gasteiger partial charge on any atom is 0.242 e. The highest BCUT2D eigenvalue weighted by Gasteiger charge is 2.44. The van der Waals surface area contributed by atoms with Gasteiger partial charge in [0.25, 0.3) is 0 Å². The number of carbonyl (C=O) groups is 1. The van der Waals surface area contributed by atoms with Gasteiger partial charge < -0.3 is 5.32 Å². The van der Waals surface area contributed by atoms with Crippen LogP contribution in [0.15, 0.2) is 28.7 Å². The van der Waals surface area contributed by atoms with Gasteiger partial charge in [0.1, 0.15) is 0 Å². The summed E-state index contributed by atoms with van der Waals surface area (Å²) in [7, 11) is 1.70. The predicted molar refractivity (Wildman–Crippen MR) is 77.9 cm³/mol. The Balaban J connectivity index is 1.87. The highest BCUT2D eigenvalue weighted by atomic mass is 79.9. The molecule has 0 bridgehead atoms. The molecule has 1 saturated carbocycles. The zero-order valence-electron chi connectivity index (χ0n) is 9.87. The van der Waals surface area contributed by atoms with Gasteiger partial charge in [-0.2, -0.15) is 0 Å². The largest absolute Gasteiger partial charge is 0.364 e. The van der Waals surface area contributed by atoms with Crippen molar-refractivity contribution in [3.05, 3.63) is 34.3 Å². The maximum absolute atomic E-state index is 11.8. The summed E-state index contributed by atoms with van der Waals surface area (Å²) in [6.45, 7) is 0. The molecule has 96 valence electrons. The lowest BCUT2D eigenvalue weighted by Gasteiger charge is -2.08. The number of amides is 1. The van der Waals surface area contributed by atoms with Crippen LogP contribution in [0.5, 0.6) is 0 Å². The number of carbonyl (C=O) groups excluding carboxylic acids is 1. The lowest BCUT2D eigenvalue weighted by Crippen LogP contribution is -2.46. The fourth-order valence-electron chi connectivity index (χ4n) is 1.86. The van der Waals surface area contributed by atoms with E-state index in [9.17, 15) is 4.79 Å². The van der Waals surface area contributed by atoms with E-state index in [1.165, 1.54) is 5.56 Å². The van der Waals surface area contributed by atoms with Crippen LogP contribution in [0.3, 0.4) is 0 Å². The summed E-state index contributed by atoms with van der Waals surface area (Å²) in [5.74, 6) is 0.330. The average Bonchev–Trinajstić information content (AvgIpc) is 3.15. The van der Waals surface area contributed by atoms with Crippen molar-refractivity contribution < 1.29 is 4.79 Å². The Kier molecular flexibility index (Phi) is 4.19. The van der Waals surface area contributed by atoms with Crippen LogP contribution in [-0.4, -0.2) is 18.1 Å². The van der Waals surface area contributed by atoms with E-state index < -0.39 is 0 Å². The van der Waals surface area contributed by atoms with Gasteiger partial charge in [-0.25, -0.2) is 0 Å². The van der Waals surface area contributed by atoms with E-state index in [0.29, 0.717) is 11.0 Å². The Morgan fingerprint density at radius 1 is 1.44 bits per heavy atom. The molecule has 0 heterocycles. The van der Waals surface area contributed by atoms with Crippen molar-refractivity contribution in [3.63, 3.8) is 0 Å². The molecule has 1 aliphatic rings. The van der Waals surface area contributed by atoms with E-state index in [-0.39, 0.29) is 11.8 Å². The first-order valence-electron chi connectivity index (χ1n) is 5.65. The Morgan fingerprint density at radius 3 is 2.89 bits per heavy atom. The van der Waals surface area contributed by atoms with Crippen LogP contribution in [0.4, 0.5) is 0 Å². The Morgan fingerprint density at radius 2 is 2.22 bits per heavy atom. The number of thiocarbonyl (C=S) groups is 1. The van der Waals surface area contributed by atoms with E-state index in [4.69, 9.17) is 12.2 Å². The minimum Gasteiger partial charge on any atom is -0.364 e. The van der Waals surface area contributed by atoms with Crippen LogP contribution in [0.25, 0.3) is 0 Å². The molecular formula is C12H14BrN3OS. The van der Waals surface area contributed by atoms with E-state index in [1.54, 1.807) is 7.05 Å². The zero-order valence-corrected chi connectivity index (χ0v) is 12.3. The topological polar surface area (TPSA) is 53.2 Å². The normalized spacial score (nSPS) is 21.0. The Bertz CT molecular complexity index is 480. The predicted octanol–water partition coefficient (Wildman–Crippen LogP) is 1.68. The quantitative estimate of drug-likeness (QED) is 0.571. The number of halogens is 1. The average molecular weight is 328 g/mol. The number of nitrogens with one attached hydrogen (secondary N) is 3. The molecule has 3 N–H and O–H groups in total. The SMILES string of the molecule is CNC(=S)NNC(=O)C1CC1c1cccc(Br)c1. The number of hydrazine groups is 1. The van der Waals surface area contributed by atoms with Crippen molar-refractivity contribution in [1.29, 1.82) is 0 Å². The van der Waals surface area contributed by atoms with Gasteiger partial charge in [-0.1, -0.05) is 28.1 Å². The molecule has 2 rings (SSSR count). The molecular weight excluding hydrogens is 314 g/mol. The summed E-state index contributed by atoms with van der Waals surface area (Å²) >= 11 is 8.31. The molecule has 0 aliphatic heterocycles. The first-order chi connectivity index (χ1) is 8.61. The summed E-state index contributed by atoms with van der Waals surface area (Å²) < 4.78 is 1.04. The third kappa shape index (κ3) is 3.20. The smallest absolute Gasteiger partial charge is 0.242 e. The van der Waals surface area contributed by atoms with Crippen LogP contribution >= 0.6 is 28.1 Å². The molecule has 1 aliphatic carbocycles. The van der Waals surface area contributed by atoms with Gasteiger partial charge in [0.2, 0.25) is 5.91 Å². The van der Waals surface area contributed by atoms with Crippen molar-refractivity contribution in [1.82, 2.24) is 16.2 Å². The number of hydrogen-bond acceptors (Lipinski definition) is 2. The summed E-state index contributed by atoms with van der Waals surface area (Å²) in [5.41, 5.74) is 6.45. The van der Waals surface area contributed by atoms with Crippen molar-refractivity contribution in [2.75, 3.05) is 7.05 Å². The summed E-state index contributed by atoms with van der Waals surface area (Å²) in [5, 5.41) is 3.13. The van der Waals surface area contributed by atoms with Gasteiger partial charge in [0, 0.05) is 17.4 Å². The molecule has 0 aromatic heterocycles. The molecule has 4 nitrogen and oxygen atoms in total. The first-order valence-corrected chi connectivity index (χ1v) is 6.85. The molecule has 1 aromatic rings. The highest BCUT2D eigenvalue weighted by molar-refractivity contribution is 9.10. The van der Waals surface area contributed by atoms with Crippen LogP contribution in [0.1, 0.15) is 17.9 Å². The van der Waals surface area contributed by atoms with Crippen molar-refractivity contribution in [2.24, 2.45) is 5.92 Å². The molecule has 0 radical (unpaired) electrons. The zero-order chi connectivity index (χ0) is 13.1. The molecule has 6 heteroatoms. The monoisotopic (exact) mass is 327 g/mol. The van der Waals surface area contributed by atoms with Gasteiger partial charge in [-0.15, -0.1) is 0 Å². The van der Waals surface area contributed by atoms with E-state index in [2.05, 4.69) is 38.2 Å². The fraction of sp³-hybridized carbons (Fsp3) is 0.333. The molecule has 0 saturated heterocycles.